The van der Waals surface area contributed by atoms with E-state index in [4.69, 9.17) is 9.47 Å². The molecule has 1 aliphatic rings. The molecule has 0 aliphatic heterocycles. The summed E-state index contributed by atoms with van der Waals surface area (Å²) in [4.78, 5) is 14.0. The molecule has 1 aliphatic carbocycles. The smallest absolute Gasteiger partial charge is 0.414 e. The molecule has 1 amide bonds. The lowest BCUT2D eigenvalue weighted by Gasteiger charge is -2.33. The van der Waals surface area contributed by atoms with E-state index in [1.54, 1.807) is 12.0 Å². The maximum Gasteiger partial charge on any atom is 0.414 e. The van der Waals surface area contributed by atoms with E-state index in [-0.39, 0.29) is 12.1 Å². The van der Waals surface area contributed by atoms with Crippen LogP contribution >= 0.6 is 15.9 Å². The Morgan fingerprint density at radius 3 is 2.55 bits per heavy atom. The molecular formula is C15H20BrNO3. The molecule has 0 heterocycles. The normalized spacial score (nSPS) is 15.8. The summed E-state index contributed by atoms with van der Waals surface area (Å²) in [5.74, 6) is 0.730. The molecule has 5 heteroatoms. The Morgan fingerprint density at radius 1 is 1.25 bits per heavy atom. The number of halogens is 1. The molecule has 4 nitrogen and oxygen atoms in total. The third kappa shape index (κ3) is 3.26. The summed E-state index contributed by atoms with van der Waals surface area (Å²) in [7, 11) is 3.04. The van der Waals surface area contributed by atoms with Crippen LogP contribution in [0.4, 0.5) is 10.5 Å². The first-order chi connectivity index (χ1) is 9.67. The molecule has 0 N–H and O–H groups in total. The van der Waals surface area contributed by atoms with Gasteiger partial charge in [0.05, 0.1) is 19.9 Å². The van der Waals surface area contributed by atoms with Crippen molar-refractivity contribution < 1.29 is 14.3 Å². The molecule has 0 spiro atoms. The predicted molar refractivity (Wildman–Crippen MR) is 82.5 cm³/mol. The molecule has 1 fully saturated rings. The van der Waals surface area contributed by atoms with Crippen LogP contribution in [0.5, 0.6) is 5.75 Å². The van der Waals surface area contributed by atoms with Gasteiger partial charge in [0.1, 0.15) is 5.75 Å². The van der Waals surface area contributed by atoms with E-state index in [0.29, 0.717) is 0 Å². The van der Waals surface area contributed by atoms with Crippen LogP contribution in [0, 0.1) is 0 Å². The van der Waals surface area contributed by atoms with Crippen LogP contribution < -0.4 is 9.64 Å². The SMILES string of the molecule is COC(=O)N(c1cc(OC)ccc1Br)C1CCCCC1. The van der Waals surface area contributed by atoms with E-state index in [9.17, 15) is 4.79 Å². The Labute approximate surface area is 128 Å². The maximum atomic E-state index is 12.2. The highest BCUT2D eigenvalue weighted by molar-refractivity contribution is 9.10. The molecule has 1 aromatic rings. The zero-order chi connectivity index (χ0) is 14.5. The second-order valence-electron chi connectivity index (χ2n) is 4.95. The van der Waals surface area contributed by atoms with Gasteiger partial charge in [0.25, 0.3) is 0 Å². The van der Waals surface area contributed by atoms with Crippen molar-refractivity contribution in [3.8, 4) is 5.75 Å². The van der Waals surface area contributed by atoms with Crippen molar-refractivity contribution in [3.63, 3.8) is 0 Å². The van der Waals surface area contributed by atoms with Gasteiger partial charge in [-0.1, -0.05) is 19.3 Å². The van der Waals surface area contributed by atoms with Crippen LogP contribution in [0.15, 0.2) is 22.7 Å². The highest BCUT2D eigenvalue weighted by Gasteiger charge is 2.29. The van der Waals surface area contributed by atoms with Gasteiger partial charge in [0.2, 0.25) is 0 Å². The van der Waals surface area contributed by atoms with Crippen molar-refractivity contribution in [2.45, 2.75) is 38.1 Å². The van der Waals surface area contributed by atoms with Gasteiger partial charge in [-0.05, 0) is 40.9 Å². The van der Waals surface area contributed by atoms with Gasteiger partial charge in [-0.25, -0.2) is 4.79 Å². The fourth-order valence-electron chi connectivity index (χ4n) is 2.69. The fourth-order valence-corrected chi connectivity index (χ4v) is 3.12. The molecule has 20 heavy (non-hydrogen) atoms. The molecule has 0 atom stereocenters. The van der Waals surface area contributed by atoms with E-state index in [0.717, 1.165) is 41.6 Å². The molecule has 0 radical (unpaired) electrons. The highest BCUT2D eigenvalue weighted by Crippen LogP contribution is 2.35. The lowest BCUT2D eigenvalue weighted by atomic mass is 9.94. The zero-order valence-electron chi connectivity index (χ0n) is 11.9. The first-order valence-corrected chi connectivity index (χ1v) is 7.67. The molecule has 2 rings (SSSR count). The standard InChI is InChI=1S/C15H20BrNO3/c1-19-12-8-9-13(16)14(10-12)17(15(18)20-2)11-6-4-3-5-7-11/h8-11H,3-7H2,1-2H3. The van der Waals surface area contributed by atoms with E-state index >= 15 is 0 Å². The number of amides is 1. The number of ether oxygens (including phenoxy) is 2. The largest absolute Gasteiger partial charge is 0.497 e. The van der Waals surface area contributed by atoms with Crippen LogP contribution in [0.3, 0.4) is 0 Å². The Kier molecular flexibility index (Phi) is 5.29. The second kappa shape index (κ2) is 6.97. The summed E-state index contributed by atoms with van der Waals surface area (Å²) < 4.78 is 11.1. The van der Waals surface area contributed by atoms with Crippen molar-refractivity contribution in [2.24, 2.45) is 0 Å². The van der Waals surface area contributed by atoms with Crippen LogP contribution in [0.2, 0.25) is 0 Å². The number of carbonyl (C=O) groups is 1. The summed E-state index contributed by atoms with van der Waals surface area (Å²) in [6.07, 6.45) is 5.26. The van der Waals surface area contributed by atoms with E-state index in [1.807, 2.05) is 18.2 Å². The average Bonchev–Trinajstić information content (AvgIpc) is 2.50. The Hall–Kier alpha value is -1.23. The van der Waals surface area contributed by atoms with Gasteiger partial charge in [0, 0.05) is 16.6 Å². The van der Waals surface area contributed by atoms with Gasteiger partial charge in [-0.15, -0.1) is 0 Å². The summed E-state index contributed by atoms with van der Waals surface area (Å²) in [6.45, 7) is 0. The van der Waals surface area contributed by atoms with E-state index in [1.165, 1.54) is 13.5 Å². The molecule has 0 bridgehead atoms. The predicted octanol–water partition coefficient (Wildman–Crippen LogP) is 4.36. The maximum absolute atomic E-state index is 12.2. The molecule has 0 aromatic heterocycles. The van der Waals surface area contributed by atoms with E-state index < -0.39 is 0 Å². The van der Waals surface area contributed by atoms with Gasteiger partial charge in [-0.3, -0.25) is 4.90 Å². The van der Waals surface area contributed by atoms with Gasteiger partial charge >= 0.3 is 6.09 Å². The Bertz CT molecular complexity index is 472. The number of rotatable bonds is 3. The summed E-state index contributed by atoms with van der Waals surface area (Å²) in [5, 5.41) is 0. The van der Waals surface area contributed by atoms with Gasteiger partial charge in [0.15, 0.2) is 0 Å². The first kappa shape index (κ1) is 15.2. The number of benzene rings is 1. The fraction of sp³-hybridized carbons (Fsp3) is 0.533. The van der Waals surface area contributed by atoms with Crippen molar-refractivity contribution >= 4 is 27.7 Å². The minimum atomic E-state index is -0.314. The summed E-state index contributed by atoms with van der Waals surface area (Å²) in [6, 6.07) is 5.83. The van der Waals surface area contributed by atoms with Crippen molar-refractivity contribution in [1.82, 2.24) is 0 Å². The lowest BCUT2D eigenvalue weighted by Crippen LogP contribution is -2.41. The van der Waals surface area contributed by atoms with Crippen LogP contribution in [0.1, 0.15) is 32.1 Å². The third-order valence-corrected chi connectivity index (χ3v) is 4.39. The number of hydrogen-bond donors (Lipinski definition) is 0. The van der Waals surface area contributed by atoms with Crippen LogP contribution in [-0.2, 0) is 4.74 Å². The molecule has 1 saturated carbocycles. The van der Waals surface area contributed by atoms with Crippen molar-refractivity contribution in [3.05, 3.63) is 22.7 Å². The highest BCUT2D eigenvalue weighted by atomic mass is 79.9. The average molecular weight is 342 g/mol. The minimum absolute atomic E-state index is 0.194. The topological polar surface area (TPSA) is 38.8 Å². The minimum Gasteiger partial charge on any atom is -0.497 e. The third-order valence-electron chi connectivity index (χ3n) is 3.72. The Balaban J connectivity index is 2.37. The number of methoxy groups -OCH3 is 2. The van der Waals surface area contributed by atoms with Crippen LogP contribution in [-0.4, -0.2) is 26.4 Å². The number of nitrogens with zero attached hydrogens (tertiary/aromatic N) is 1. The molecule has 0 unspecified atom stereocenters. The van der Waals surface area contributed by atoms with Crippen molar-refractivity contribution in [1.29, 1.82) is 0 Å². The Morgan fingerprint density at radius 2 is 1.95 bits per heavy atom. The van der Waals surface area contributed by atoms with Gasteiger partial charge in [-0.2, -0.15) is 0 Å². The summed E-state index contributed by atoms with van der Waals surface area (Å²) in [5.41, 5.74) is 0.808. The molecule has 0 saturated heterocycles. The zero-order valence-corrected chi connectivity index (χ0v) is 13.5. The molecular weight excluding hydrogens is 322 g/mol. The number of anilines is 1. The monoisotopic (exact) mass is 341 g/mol. The van der Waals surface area contributed by atoms with Crippen molar-refractivity contribution in [2.75, 3.05) is 19.1 Å². The van der Waals surface area contributed by atoms with Gasteiger partial charge < -0.3 is 9.47 Å². The first-order valence-electron chi connectivity index (χ1n) is 6.88. The number of hydrogen-bond acceptors (Lipinski definition) is 3. The lowest BCUT2D eigenvalue weighted by molar-refractivity contribution is 0.173. The number of carbonyl (C=O) groups excluding carboxylic acids is 1. The summed E-state index contributed by atoms with van der Waals surface area (Å²) >= 11 is 3.52. The quantitative estimate of drug-likeness (QED) is 0.819. The van der Waals surface area contributed by atoms with Crippen LogP contribution in [0.25, 0.3) is 0 Å². The van der Waals surface area contributed by atoms with E-state index in [2.05, 4.69) is 15.9 Å². The molecule has 110 valence electrons. The molecule has 1 aromatic carbocycles. The second-order valence-corrected chi connectivity index (χ2v) is 5.80.